The molecule has 5 heterocycles. The van der Waals surface area contributed by atoms with Crippen LogP contribution in [0.5, 0.6) is 5.88 Å². The number of hydrogen-bond donors (Lipinski definition) is 2. The molecule has 170 valence electrons. The number of carbonyl (C=O) groups is 1. The van der Waals surface area contributed by atoms with Crippen LogP contribution in [0.25, 0.3) is 5.84 Å². The molecular formula is C20H20FN9O2S. The molecule has 3 aromatic heterocycles. The number of quaternary nitrogens is 1. The van der Waals surface area contributed by atoms with Gasteiger partial charge in [0.1, 0.15) is 11.4 Å². The summed E-state index contributed by atoms with van der Waals surface area (Å²) < 4.78 is 18.8. The summed E-state index contributed by atoms with van der Waals surface area (Å²) in [5.74, 6) is 9.40. The number of fused-ring (bicyclic) bond motifs is 1. The first-order chi connectivity index (χ1) is 16.0. The van der Waals surface area contributed by atoms with E-state index >= 15 is 0 Å². The number of rotatable bonds is 5. The Morgan fingerprint density at radius 3 is 2.82 bits per heavy atom. The predicted octanol–water partition coefficient (Wildman–Crippen LogP) is 0.907. The number of nitrogens with zero attached hydrogens (tertiary/aromatic N) is 6. The minimum Gasteiger partial charge on any atom is -0.480 e. The van der Waals surface area contributed by atoms with Crippen molar-refractivity contribution in [3.8, 4) is 5.88 Å². The summed E-state index contributed by atoms with van der Waals surface area (Å²) in [6, 6.07) is 3.48. The maximum atomic E-state index is 13.3. The Balaban J connectivity index is 1.41. The number of carbonyl (C=O) groups excluding carboxylic acids is 1. The van der Waals surface area contributed by atoms with Gasteiger partial charge in [0.15, 0.2) is 11.4 Å². The lowest BCUT2D eigenvalue weighted by Crippen LogP contribution is -3.06. The predicted molar refractivity (Wildman–Crippen MR) is 118 cm³/mol. The number of nitrogens with one attached hydrogen (secondary N) is 3. The summed E-state index contributed by atoms with van der Waals surface area (Å²) in [5, 5.41) is 2.82. The number of anilines is 2. The Labute approximate surface area is 192 Å². The second-order valence-corrected chi connectivity index (χ2v) is 8.75. The van der Waals surface area contributed by atoms with Crippen LogP contribution in [0, 0.1) is 11.7 Å². The molecule has 3 atom stereocenters. The fourth-order valence-corrected chi connectivity index (χ4v) is 5.55. The van der Waals surface area contributed by atoms with E-state index in [-0.39, 0.29) is 11.6 Å². The van der Waals surface area contributed by atoms with Gasteiger partial charge in [0.2, 0.25) is 11.8 Å². The molecule has 5 rings (SSSR count). The number of amides is 1. The largest absolute Gasteiger partial charge is 0.480 e. The highest BCUT2D eigenvalue weighted by Gasteiger charge is 2.59. The minimum atomic E-state index is -0.650. The SMILES string of the molecule is COc1cnc(C(=O)Nc2ccnc([C@]34CN(c5ncc(F)cn5)C[C@H]3CS[NH+]4[NH-])c2)cn1. The van der Waals surface area contributed by atoms with Gasteiger partial charge in [-0.3, -0.25) is 9.78 Å². The van der Waals surface area contributed by atoms with Crippen LogP contribution < -0.4 is 19.4 Å². The molecule has 2 aliphatic rings. The highest BCUT2D eigenvalue weighted by atomic mass is 32.2. The van der Waals surface area contributed by atoms with Crippen LogP contribution in [-0.4, -0.2) is 56.8 Å². The molecule has 1 amide bonds. The van der Waals surface area contributed by atoms with Gasteiger partial charge in [0.05, 0.1) is 62.1 Å². The number of hydrogen-bond acceptors (Lipinski definition) is 9. The third-order valence-corrected chi connectivity index (χ3v) is 7.07. The summed E-state index contributed by atoms with van der Waals surface area (Å²) in [6.07, 6.45) is 6.60. The molecule has 0 saturated carbocycles. The molecule has 0 aromatic carbocycles. The van der Waals surface area contributed by atoms with Crippen molar-refractivity contribution < 1.29 is 18.3 Å². The second kappa shape index (κ2) is 8.50. The standard InChI is InChI=1S/C20H20FN9O2S/c1-32-17-8-24-15(7-25-17)18(31)28-14-2-3-23-16(4-14)20-11-29(9-12(20)10-33-30(20)22)19-26-5-13(21)6-27-19/h2-8,12,22,30H,9-11H2,1H3,(H,23,28,31)/t12-,20-/m0/s1. The van der Waals surface area contributed by atoms with E-state index in [0.717, 1.165) is 18.1 Å². The first-order valence-electron chi connectivity index (χ1n) is 10.1. The first-order valence-corrected chi connectivity index (χ1v) is 11.1. The topological polar surface area (TPSA) is 134 Å². The van der Waals surface area contributed by atoms with Crippen LogP contribution in [0.4, 0.5) is 16.0 Å². The monoisotopic (exact) mass is 469 g/mol. The molecule has 0 bridgehead atoms. The van der Waals surface area contributed by atoms with E-state index in [1.54, 1.807) is 18.3 Å². The third kappa shape index (κ3) is 3.83. The van der Waals surface area contributed by atoms with Gasteiger partial charge in [-0.15, -0.1) is 0 Å². The summed E-state index contributed by atoms with van der Waals surface area (Å²) in [6.45, 7) is 1.07. The molecule has 33 heavy (non-hydrogen) atoms. The van der Waals surface area contributed by atoms with Crippen molar-refractivity contribution in [2.75, 3.05) is 36.2 Å². The van der Waals surface area contributed by atoms with E-state index in [1.165, 1.54) is 31.5 Å². The van der Waals surface area contributed by atoms with Gasteiger partial charge >= 0.3 is 0 Å². The van der Waals surface area contributed by atoms with Gasteiger partial charge in [0, 0.05) is 18.4 Å². The number of aromatic nitrogens is 5. The zero-order valence-electron chi connectivity index (χ0n) is 17.5. The number of halogens is 1. The minimum absolute atomic E-state index is 0.106. The number of methoxy groups -OCH3 is 1. The molecule has 13 heteroatoms. The molecule has 2 aliphatic heterocycles. The molecule has 0 spiro atoms. The molecule has 0 radical (unpaired) electrons. The Bertz CT molecular complexity index is 1170. The summed E-state index contributed by atoms with van der Waals surface area (Å²) in [7, 11) is 1.47. The lowest BCUT2D eigenvalue weighted by molar-refractivity contribution is -0.770. The third-order valence-electron chi connectivity index (χ3n) is 5.85. The molecular weight excluding hydrogens is 449 g/mol. The first kappa shape index (κ1) is 21.4. The van der Waals surface area contributed by atoms with E-state index < -0.39 is 17.3 Å². The molecule has 3 aromatic rings. The maximum Gasteiger partial charge on any atom is 0.275 e. The average Bonchev–Trinajstić information content (AvgIpc) is 3.37. The van der Waals surface area contributed by atoms with Gasteiger partial charge in [0.25, 0.3) is 5.91 Å². The molecule has 11 nitrogen and oxygen atoms in total. The summed E-state index contributed by atoms with van der Waals surface area (Å²) >= 11 is 1.50. The lowest BCUT2D eigenvalue weighted by atomic mass is 9.85. The Kier molecular flexibility index (Phi) is 5.52. The van der Waals surface area contributed by atoms with Crippen LogP contribution in [0.3, 0.4) is 0 Å². The van der Waals surface area contributed by atoms with Crippen LogP contribution in [0.1, 0.15) is 16.2 Å². The maximum absolute atomic E-state index is 13.3. The van der Waals surface area contributed by atoms with Crippen molar-refractivity contribution in [1.29, 1.82) is 0 Å². The van der Waals surface area contributed by atoms with Crippen LogP contribution in [0.15, 0.2) is 43.1 Å². The highest BCUT2D eigenvalue weighted by molar-refractivity contribution is 7.93. The van der Waals surface area contributed by atoms with Crippen molar-refractivity contribution >= 4 is 29.5 Å². The zero-order valence-corrected chi connectivity index (χ0v) is 18.3. The zero-order chi connectivity index (χ0) is 23.0. The number of ether oxygens (including phenoxy) is 1. The van der Waals surface area contributed by atoms with Gasteiger partial charge in [-0.05, 0) is 12.1 Å². The average molecular weight is 470 g/mol. The molecule has 1 unspecified atom stereocenters. The molecule has 2 saturated heterocycles. The normalized spacial score (nSPS) is 23.9. The highest BCUT2D eigenvalue weighted by Crippen LogP contribution is 2.41. The van der Waals surface area contributed by atoms with Crippen LogP contribution in [-0.2, 0) is 5.54 Å². The summed E-state index contributed by atoms with van der Waals surface area (Å²) in [4.78, 5) is 35.4. The second-order valence-electron chi connectivity index (χ2n) is 7.72. The van der Waals surface area contributed by atoms with Crippen molar-refractivity contribution in [2.45, 2.75) is 5.54 Å². The molecule has 3 N–H and O–H groups in total. The van der Waals surface area contributed by atoms with E-state index in [9.17, 15) is 9.18 Å². The van der Waals surface area contributed by atoms with E-state index in [1.807, 2.05) is 4.90 Å². The van der Waals surface area contributed by atoms with Crippen LogP contribution >= 0.6 is 11.9 Å². The van der Waals surface area contributed by atoms with Gasteiger partial charge in [-0.1, -0.05) is 0 Å². The quantitative estimate of drug-likeness (QED) is 0.523. The fourth-order valence-electron chi connectivity index (χ4n) is 4.20. The van der Waals surface area contributed by atoms with Gasteiger partial charge in [-0.2, -0.15) is 0 Å². The van der Waals surface area contributed by atoms with Gasteiger partial charge < -0.3 is 25.2 Å². The Morgan fingerprint density at radius 2 is 2.09 bits per heavy atom. The van der Waals surface area contributed by atoms with Crippen molar-refractivity contribution in [3.05, 3.63) is 66.2 Å². The fraction of sp³-hybridized carbons (Fsp3) is 0.300. The van der Waals surface area contributed by atoms with E-state index in [2.05, 4.69) is 30.2 Å². The van der Waals surface area contributed by atoms with E-state index in [4.69, 9.17) is 10.6 Å². The number of pyridine rings is 1. The smallest absolute Gasteiger partial charge is 0.275 e. The van der Waals surface area contributed by atoms with E-state index in [0.29, 0.717) is 40.7 Å². The Hall–Kier alpha value is -3.42. The van der Waals surface area contributed by atoms with Crippen molar-refractivity contribution in [3.63, 3.8) is 0 Å². The molecule has 2 fully saturated rings. The van der Waals surface area contributed by atoms with Crippen molar-refractivity contribution in [1.82, 2.24) is 24.9 Å². The Morgan fingerprint density at radius 1 is 1.27 bits per heavy atom. The molecule has 0 aliphatic carbocycles. The van der Waals surface area contributed by atoms with Gasteiger partial charge in [-0.25, -0.2) is 24.3 Å². The van der Waals surface area contributed by atoms with Crippen molar-refractivity contribution in [2.24, 2.45) is 5.92 Å². The summed E-state index contributed by atoms with van der Waals surface area (Å²) in [5.41, 5.74) is 0.723. The lowest BCUT2D eigenvalue weighted by Gasteiger charge is -2.35. The van der Waals surface area contributed by atoms with Crippen LogP contribution in [0.2, 0.25) is 0 Å².